The minimum absolute atomic E-state index is 0.00469. The molecule has 2 unspecified atom stereocenters. The molecule has 1 aliphatic heterocycles. The summed E-state index contributed by atoms with van der Waals surface area (Å²) in [5, 5.41) is 31.1. The Morgan fingerprint density at radius 1 is 1.07 bits per heavy atom. The van der Waals surface area contributed by atoms with E-state index in [2.05, 4.69) is 0 Å². The third kappa shape index (κ3) is 2.83. The van der Waals surface area contributed by atoms with E-state index in [-0.39, 0.29) is 41.3 Å². The van der Waals surface area contributed by atoms with Gasteiger partial charge in [0.25, 0.3) is 0 Å². The van der Waals surface area contributed by atoms with Crippen LogP contribution >= 0.6 is 0 Å². The first-order chi connectivity index (χ1) is 13.4. The van der Waals surface area contributed by atoms with Gasteiger partial charge in [0.2, 0.25) is 22.8 Å². The molecule has 1 heterocycles. The summed E-state index contributed by atoms with van der Waals surface area (Å²) < 4.78 is 5.67. The van der Waals surface area contributed by atoms with Crippen LogP contribution in [0, 0.1) is 5.92 Å². The fourth-order valence-electron chi connectivity index (χ4n) is 4.48. The molecule has 7 heteroatoms. The van der Waals surface area contributed by atoms with Gasteiger partial charge in [0.15, 0.2) is 17.1 Å². The van der Waals surface area contributed by atoms with Crippen LogP contribution in [-0.2, 0) is 4.79 Å². The standard InChI is InChI=1S/C21H21NO6/c22-16(25)9-10-3-1-2-4-11(10)17-12-5-7-14(23)18(26)20(12)28-21-13(17)6-8-15(24)19(21)27/h5-8,10-11,23,26-27H,1-4,9H2,(H2,22,25). The van der Waals surface area contributed by atoms with E-state index in [0.29, 0.717) is 10.9 Å². The van der Waals surface area contributed by atoms with Crippen LogP contribution in [0.4, 0.5) is 0 Å². The summed E-state index contributed by atoms with van der Waals surface area (Å²) in [4.78, 5) is 23.6. The second-order valence-electron chi connectivity index (χ2n) is 7.44. The van der Waals surface area contributed by atoms with Crippen molar-refractivity contribution in [2.45, 2.75) is 38.0 Å². The largest absolute Gasteiger partial charge is 0.504 e. The number of phenolic OH excluding ortho intramolecular Hbond substituents is 3. The number of fused-ring (bicyclic) bond motifs is 2. The number of carbonyl (C=O) groups excluding carboxylic acids is 1. The van der Waals surface area contributed by atoms with Crippen molar-refractivity contribution < 1.29 is 24.5 Å². The van der Waals surface area contributed by atoms with Crippen LogP contribution < -0.4 is 11.2 Å². The fraction of sp³-hybridized carbons (Fsp3) is 0.333. The third-order valence-electron chi connectivity index (χ3n) is 5.73. The van der Waals surface area contributed by atoms with Gasteiger partial charge in [0.05, 0.1) is 0 Å². The molecule has 4 rings (SSSR count). The topological polar surface area (TPSA) is 134 Å². The smallest absolute Gasteiger partial charge is 0.224 e. The Morgan fingerprint density at radius 2 is 1.82 bits per heavy atom. The van der Waals surface area contributed by atoms with Crippen LogP contribution in [0.15, 0.2) is 33.5 Å². The van der Waals surface area contributed by atoms with Gasteiger partial charge in [0, 0.05) is 17.4 Å². The minimum Gasteiger partial charge on any atom is -0.504 e. The van der Waals surface area contributed by atoms with E-state index >= 15 is 0 Å². The van der Waals surface area contributed by atoms with E-state index in [1.54, 1.807) is 12.1 Å². The van der Waals surface area contributed by atoms with Crippen LogP contribution in [0.25, 0.3) is 22.3 Å². The van der Waals surface area contributed by atoms with Crippen molar-refractivity contribution in [3.8, 4) is 28.6 Å². The Labute approximate surface area is 160 Å². The lowest BCUT2D eigenvalue weighted by atomic mass is 9.71. The Hall–Kier alpha value is -3.22. The van der Waals surface area contributed by atoms with Crippen molar-refractivity contribution >= 4 is 16.9 Å². The van der Waals surface area contributed by atoms with E-state index in [1.807, 2.05) is 0 Å². The molecule has 28 heavy (non-hydrogen) atoms. The highest BCUT2D eigenvalue weighted by molar-refractivity contribution is 5.94. The van der Waals surface area contributed by atoms with Crippen molar-refractivity contribution in [3.63, 3.8) is 0 Å². The lowest BCUT2D eigenvalue weighted by molar-refractivity contribution is -0.119. The molecule has 0 radical (unpaired) electrons. The Balaban J connectivity index is 2.07. The van der Waals surface area contributed by atoms with Crippen molar-refractivity contribution in [2.75, 3.05) is 0 Å². The number of phenols is 3. The molecule has 1 fully saturated rings. The maximum absolute atomic E-state index is 11.9. The molecular weight excluding hydrogens is 362 g/mol. The van der Waals surface area contributed by atoms with Crippen LogP contribution in [0.2, 0.25) is 0 Å². The van der Waals surface area contributed by atoms with Crippen molar-refractivity contribution in [2.24, 2.45) is 11.7 Å². The lowest BCUT2D eigenvalue weighted by Crippen LogP contribution is -2.25. The molecule has 7 nitrogen and oxygen atoms in total. The minimum atomic E-state index is -0.599. The molecule has 2 aliphatic carbocycles. The predicted molar refractivity (Wildman–Crippen MR) is 103 cm³/mol. The first-order valence-electron chi connectivity index (χ1n) is 9.30. The molecule has 0 spiro atoms. The summed E-state index contributed by atoms with van der Waals surface area (Å²) in [6, 6.07) is 5.88. The molecule has 3 aliphatic rings. The predicted octanol–water partition coefficient (Wildman–Crippen LogP) is 3.16. The summed E-state index contributed by atoms with van der Waals surface area (Å²) in [6.07, 6.45) is 3.82. The van der Waals surface area contributed by atoms with Crippen LogP contribution in [0.3, 0.4) is 0 Å². The molecule has 0 aromatic heterocycles. The molecule has 146 valence electrons. The maximum atomic E-state index is 11.9. The van der Waals surface area contributed by atoms with Gasteiger partial charge in [-0.1, -0.05) is 12.8 Å². The highest BCUT2D eigenvalue weighted by atomic mass is 16.4. The van der Waals surface area contributed by atoms with Gasteiger partial charge in [-0.15, -0.1) is 0 Å². The SMILES string of the molecule is NC(=O)CC1CCCCC1c1c2ccc(=O)c(O)c-2oc2c(O)c(O)ccc12. The molecule has 0 saturated heterocycles. The number of aromatic hydroxyl groups is 3. The van der Waals surface area contributed by atoms with Gasteiger partial charge in [-0.3, -0.25) is 9.59 Å². The zero-order valence-electron chi connectivity index (χ0n) is 15.1. The normalized spacial score (nSPS) is 19.9. The average Bonchev–Trinajstić information content (AvgIpc) is 2.67. The van der Waals surface area contributed by atoms with E-state index in [0.717, 1.165) is 31.2 Å². The van der Waals surface area contributed by atoms with E-state index in [9.17, 15) is 24.9 Å². The number of hydrogen-bond donors (Lipinski definition) is 4. The molecule has 1 aromatic carbocycles. The van der Waals surface area contributed by atoms with E-state index in [1.165, 1.54) is 12.1 Å². The van der Waals surface area contributed by atoms with Gasteiger partial charge in [-0.25, -0.2) is 0 Å². The summed E-state index contributed by atoms with van der Waals surface area (Å²) in [7, 11) is 0. The number of primary amides is 1. The number of carbonyl (C=O) groups is 1. The molecule has 1 amide bonds. The summed E-state index contributed by atoms with van der Waals surface area (Å²) in [6.45, 7) is 0. The maximum Gasteiger partial charge on any atom is 0.224 e. The van der Waals surface area contributed by atoms with Gasteiger partial charge in [0.1, 0.15) is 0 Å². The molecule has 0 bridgehead atoms. The van der Waals surface area contributed by atoms with E-state index in [4.69, 9.17) is 10.2 Å². The first-order valence-corrected chi connectivity index (χ1v) is 9.30. The Kier molecular flexibility index (Phi) is 4.37. The number of amides is 1. The Morgan fingerprint density at radius 3 is 2.57 bits per heavy atom. The first kappa shape index (κ1) is 18.2. The second kappa shape index (κ2) is 6.74. The van der Waals surface area contributed by atoms with Crippen LogP contribution in [0.1, 0.15) is 43.6 Å². The molecule has 1 aromatic rings. The monoisotopic (exact) mass is 383 g/mol. The number of hydrogen-bond acceptors (Lipinski definition) is 6. The van der Waals surface area contributed by atoms with Crippen molar-refractivity contribution in [1.29, 1.82) is 0 Å². The summed E-state index contributed by atoms with van der Waals surface area (Å²) in [5.74, 6) is -1.86. The number of nitrogens with two attached hydrogens (primary N) is 1. The molecular formula is C21H21NO6. The van der Waals surface area contributed by atoms with Gasteiger partial charge >= 0.3 is 0 Å². The van der Waals surface area contributed by atoms with Crippen molar-refractivity contribution in [3.05, 3.63) is 40.1 Å². The zero-order valence-corrected chi connectivity index (χ0v) is 15.1. The summed E-state index contributed by atoms with van der Waals surface area (Å²) >= 11 is 0. The fourth-order valence-corrected chi connectivity index (χ4v) is 4.48. The van der Waals surface area contributed by atoms with Crippen LogP contribution in [-0.4, -0.2) is 21.2 Å². The van der Waals surface area contributed by atoms with E-state index < -0.39 is 16.9 Å². The highest BCUT2D eigenvalue weighted by Gasteiger charge is 2.34. The third-order valence-corrected chi connectivity index (χ3v) is 5.73. The number of rotatable bonds is 3. The molecule has 5 N–H and O–H groups in total. The van der Waals surface area contributed by atoms with Gasteiger partial charge in [-0.05, 0) is 54.5 Å². The van der Waals surface area contributed by atoms with Crippen LogP contribution in [0.5, 0.6) is 17.2 Å². The number of benzene rings is 2. The van der Waals surface area contributed by atoms with Gasteiger partial charge < -0.3 is 25.5 Å². The zero-order chi connectivity index (χ0) is 20.0. The lowest BCUT2D eigenvalue weighted by Gasteiger charge is -2.33. The van der Waals surface area contributed by atoms with Crippen molar-refractivity contribution in [1.82, 2.24) is 0 Å². The second-order valence-corrected chi connectivity index (χ2v) is 7.44. The quantitative estimate of drug-likeness (QED) is 0.405. The molecule has 1 saturated carbocycles. The highest BCUT2D eigenvalue weighted by Crippen LogP contribution is 2.50. The van der Waals surface area contributed by atoms with Gasteiger partial charge in [-0.2, -0.15) is 0 Å². The molecule has 2 atom stereocenters. The average molecular weight is 383 g/mol. The summed E-state index contributed by atoms with van der Waals surface area (Å²) in [5.41, 5.74) is 6.20. The Bertz CT molecular complexity index is 1100.